The van der Waals surface area contributed by atoms with Crippen LogP contribution in [0.15, 0.2) is 30.3 Å². The number of benzene rings is 1. The standard InChI is InChI=1S/C14H21NO3/c1-12(16)11-15(2)14(17)9-6-10-18-13-7-4-3-5-8-13/h3-5,7-8,12,16H,6,9-11H2,1-2H3. The molecule has 1 unspecified atom stereocenters. The van der Waals surface area contributed by atoms with Crippen molar-refractivity contribution >= 4 is 5.91 Å². The van der Waals surface area contributed by atoms with Crippen molar-refractivity contribution < 1.29 is 14.6 Å². The third kappa shape index (κ3) is 5.68. The second kappa shape index (κ2) is 7.71. The van der Waals surface area contributed by atoms with Crippen molar-refractivity contribution in [3.63, 3.8) is 0 Å². The predicted octanol–water partition coefficient (Wildman–Crippen LogP) is 1.68. The van der Waals surface area contributed by atoms with E-state index in [1.807, 2.05) is 30.3 Å². The highest BCUT2D eigenvalue weighted by atomic mass is 16.5. The van der Waals surface area contributed by atoms with Crippen molar-refractivity contribution in [2.75, 3.05) is 20.2 Å². The number of aliphatic hydroxyl groups excluding tert-OH is 1. The van der Waals surface area contributed by atoms with E-state index in [0.29, 0.717) is 26.0 Å². The number of carbonyl (C=O) groups is 1. The highest BCUT2D eigenvalue weighted by Crippen LogP contribution is 2.09. The lowest BCUT2D eigenvalue weighted by atomic mass is 10.2. The zero-order valence-electron chi connectivity index (χ0n) is 11.0. The van der Waals surface area contributed by atoms with Gasteiger partial charge in [0.2, 0.25) is 5.91 Å². The van der Waals surface area contributed by atoms with E-state index in [1.54, 1.807) is 18.9 Å². The number of likely N-dealkylation sites (N-methyl/N-ethyl adjacent to an activating group) is 1. The van der Waals surface area contributed by atoms with Crippen LogP contribution in [0, 0.1) is 0 Å². The van der Waals surface area contributed by atoms with Crippen LogP contribution in [0.25, 0.3) is 0 Å². The minimum atomic E-state index is -0.487. The molecule has 4 nitrogen and oxygen atoms in total. The normalized spacial score (nSPS) is 11.9. The summed E-state index contributed by atoms with van der Waals surface area (Å²) in [7, 11) is 1.70. The van der Waals surface area contributed by atoms with Crippen LogP contribution in [0.4, 0.5) is 0 Å². The van der Waals surface area contributed by atoms with E-state index in [9.17, 15) is 9.90 Å². The first kappa shape index (κ1) is 14.5. The molecule has 100 valence electrons. The summed E-state index contributed by atoms with van der Waals surface area (Å²) < 4.78 is 5.50. The van der Waals surface area contributed by atoms with Gasteiger partial charge < -0.3 is 14.7 Å². The van der Waals surface area contributed by atoms with Gasteiger partial charge in [-0.25, -0.2) is 0 Å². The molecule has 0 aliphatic carbocycles. The first-order valence-corrected chi connectivity index (χ1v) is 6.19. The molecule has 18 heavy (non-hydrogen) atoms. The molecular weight excluding hydrogens is 230 g/mol. The van der Waals surface area contributed by atoms with Gasteiger partial charge in [0.05, 0.1) is 12.7 Å². The van der Waals surface area contributed by atoms with Gasteiger partial charge >= 0.3 is 0 Å². The number of ether oxygens (including phenoxy) is 1. The van der Waals surface area contributed by atoms with E-state index in [-0.39, 0.29) is 5.91 Å². The van der Waals surface area contributed by atoms with Gasteiger partial charge in [-0.2, -0.15) is 0 Å². The third-order valence-corrected chi connectivity index (χ3v) is 2.51. The Labute approximate surface area is 108 Å². The summed E-state index contributed by atoms with van der Waals surface area (Å²) in [6, 6.07) is 9.54. The lowest BCUT2D eigenvalue weighted by Crippen LogP contribution is -2.33. The zero-order chi connectivity index (χ0) is 13.4. The van der Waals surface area contributed by atoms with Gasteiger partial charge in [-0.15, -0.1) is 0 Å². The van der Waals surface area contributed by atoms with Crippen LogP contribution in [0.2, 0.25) is 0 Å². The summed E-state index contributed by atoms with van der Waals surface area (Å²) in [5.74, 6) is 0.856. The number of amides is 1. The van der Waals surface area contributed by atoms with Gasteiger partial charge in [-0.05, 0) is 25.5 Å². The predicted molar refractivity (Wildman–Crippen MR) is 70.5 cm³/mol. The van der Waals surface area contributed by atoms with Gasteiger partial charge in [0.15, 0.2) is 0 Å². The van der Waals surface area contributed by atoms with Crippen LogP contribution >= 0.6 is 0 Å². The molecule has 0 saturated carbocycles. The molecule has 0 spiro atoms. The van der Waals surface area contributed by atoms with Crippen molar-refractivity contribution in [1.29, 1.82) is 0 Å². The average molecular weight is 251 g/mol. The molecule has 0 fully saturated rings. The Hall–Kier alpha value is -1.55. The molecular formula is C14H21NO3. The topological polar surface area (TPSA) is 49.8 Å². The summed E-state index contributed by atoms with van der Waals surface area (Å²) in [6.07, 6.45) is 0.632. The van der Waals surface area contributed by atoms with Crippen molar-refractivity contribution in [2.24, 2.45) is 0 Å². The summed E-state index contributed by atoms with van der Waals surface area (Å²) in [5.41, 5.74) is 0. The van der Waals surface area contributed by atoms with Crippen LogP contribution in [0.3, 0.4) is 0 Å². The van der Waals surface area contributed by atoms with Crippen molar-refractivity contribution in [1.82, 2.24) is 4.90 Å². The smallest absolute Gasteiger partial charge is 0.222 e. The molecule has 1 atom stereocenters. The zero-order valence-corrected chi connectivity index (χ0v) is 11.0. The molecule has 0 heterocycles. The molecule has 1 aromatic rings. The van der Waals surface area contributed by atoms with Crippen LogP contribution in [-0.2, 0) is 4.79 Å². The Kier molecular flexibility index (Phi) is 6.22. The minimum absolute atomic E-state index is 0.0348. The first-order valence-electron chi connectivity index (χ1n) is 6.19. The van der Waals surface area contributed by atoms with E-state index < -0.39 is 6.10 Å². The third-order valence-electron chi connectivity index (χ3n) is 2.51. The number of hydrogen-bond donors (Lipinski definition) is 1. The van der Waals surface area contributed by atoms with Crippen molar-refractivity contribution in [3.05, 3.63) is 30.3 Å². The van der Waals surface area contributed by atoms with Gasteiger partial charge in [0, 0.05) is 20.0 Å². The van der Waals surface area contributed by atoms with Crippen molar-refractivity contribution in [2.45, 2.75) is 25.9 Å². The fourth-order valence-electron chi connectivity index (χ4n) is 1.62. The minimum Gasteiger partial charge on any atom is -0.494 e. The fourth-order valence-corrected chi connectivity index (χ4v) is 1.62. The summed E-state index contributed by atoms with van der Waals surface area (Å²) in [6.45, 7) is 2.57. The summed E-state index contributed by atoms with van der Waals surface area (Å²) in [5, 5.41) is 9.17. The molecule has 1 amide bonds. The molecule has 1 aromatic carbocycles. The number of hydrogen-bond acceptors (Lipinski definition) is 3. The number of rotatable bonds is 7. The maximum Gasteiger partial charge on any atom is 0.222 e. The maximum atomic E-state index is 11.6. The first-order chi connectivity index (χ1) is 8.59. The van der Waals surface area contributed by atoms with Gasteiger partial charge in [0.1, 0.15) is 5.75 Å². The molecule has 0 aromatic heterocycles. The molecule has 0 saturated heterocycles. The number of carbonyl (C=O) groups excluding carboxylic acids is 1. The summed E-state index contributed by atoms with van der Waals surface area (Å²) >= 11 is 0. The summed E-state index contributed by atoms with van der Waals surface area (Å²) in [4.78, 5) is 13.2. The van der Waals surface area contributed by atoms with Crippen molar-refractivity contribution in [3.8, 4) is 5.75 Å². The van der Waals surface area contributed by atoms with E-state index in [4.69, 9.17) is 4.74 Å². The Balaban J connectivity index is 2.16. The molecule has 1 N–H and O–H groups in total. The Morgan fingerprint density at radius 3 is 2.67 bits per heavy atom. The molecule has 0 aliphatic heterocycles. The Bertz CT molecular complexity index is 351. The molecule has 4 heteroatoms. The SMILES string of the molecule is CC(O)CN(C)C(=O)CCCOc1ccccc1. The quantitative estimate of drug-likeness (QED) is 0.750. The van der Waals surface area contributed by atoms with E-state index in [0.717, 1.165) is 5.75 Å². The molecule has 1 rings (SSSR count). The number of aliphatic hydroxyl groups is 1. The van der Waals surface area contributed by atoms with Crippen LogP contribution in [0.5, 0.6) is 5.75 Å². The molecule has 0 aliphatic rings. The van der Waals surface area contributed by atoms with Crippen LogP contribution in [0.1, 0.15) is 19.8 Å². The monoisotopic (exact) mass is 251 g/mol. The lowest BCUT2D eigenvalue weighted by Gasteiger charge is -2.18. The van der Waals surface area contributed by atoms with Crippen LogP contribution in [-0.4, -0.2) is 42.2 Å². The highest BCUT2D eigenvalue weighted by molar-refractivity contribution is 5.75. The van der Waals surface area contributed by atoms with Gasteiger partial charge in [-0.1, -0.05) is 18.2 Å². The second-order valence-electron chi connectivity index (χ2n) is 4.39. The molecule has 0 bridgehead atoms. The fraction of sp³-hybridized carbons (Fsp3) is 0.500. The van der Waals surface area contributed by atoms with Crippen LogP contribution < -0.4 is 4.74 Å². The van der Waals surface area contributed by atoms with E-state index in [2.05, 4.69) is 0 Å². The number of nitrogens with zero attached hydrogens (tertiary/aromatic N) is 1. The average Bonchev–Trinajstić information content (AvgIpc) is 2.34. The lowest BCUT2D eigenvalue weighted by molar-refractivity contribution is -0.131. The Morgan fingerprint density at radius 1 is 1.39 bits per heavy atom. The van der Waals surface area contributed by atoms with E-state index >= 15 is 0 Å². The highest BCUT2D eigenvalue weighted by Gasteiger charge is 2.10. The largest absolute Gasteiger partial charge is 0.494 e. The van der Waals surface area contributed by atoms with Gasteiger partial charge in [0.25, 0.3) is 0 Å². The van der Waals surface area contributed by atoms with E-state index in [1.165, 1.54) is 0 Å². The maximum absolute atomic E-state index is 11.6. The second-order valence-corrected chi connectivity index (χ2v) is 4.39. The molecule has 0 radical (unpaired) electrons. The van der Waals surface area contributed by atoms with Gasteiger partial charge in [-0.3, -0.25) is 4.79 Å². The Morgan fingerprint density at radius 2 is 2.06 bits per heavy atom. The number of para-hydroxylation sites is 1.